The second kappa shape index (κ2) is 55.8. The van der Waals surface area contributed by atoms with E-state index in [0.29, 0.717) is 0 Å². The van der Waals surface area contributed by atoms with E-state index in [-0.39, 0.29) is 120 Å². The summed E-state index contributed by atoms with van der Waals surface area (Å²) < 4.78 is 0. The summed E-state index contributed by atoms with van der Waals surface area (Å²) in [5, 5.41) is 0. The van der Waals surface area contributed by atoms with E-state index in [4.69, 9.17) is 0 Å². The Morgan fingerprint density at radius 1 is 1.00 bits per heavy atom. The van der Waals surface area contributed by atoms with Crippen LogP contribution in [0, 0.1) is 29.2 Å². The molecule has 2 radical (unpaired) electrons. The second-order valence-corrected chi connectivity index (χ2v) is 0.854. The fourth-order valence-corrected chi connectivity index (χ4v) is 0. The summed E-state index contributed by atoms with van der Waals surface area (Å²) in [4.78, 5) is 0. The third kappa shape index (κ3) is 64.7. The first-order chi connectivity index (χ1) is 1.91. The fourth-order valence-electron chi connectivity index (χ4n) is 0. The molecule has 0 saturated heterocycles. The van der Waals surface area contributed by atoms with Gasteiger partial charge in [-0.3, -0.25) is 0 Å². The molecule has 0 atom stereocenters. The molecule has 0 rings (SSSR count). The van der Waals surface area contributed by atoms with Crippen LogP contribution in [0.15, 0.2) is 0 Å². The van der Waals surface area contributed by atoms with Gasteiger partial charge in [0, 0.05) is 65.4 Å². The Bertz CT molecular complexity index is 10.8. The zero-order valence-electron chi connectivity index (χ0n) is 7.85. The van der Waals surface area contributed by atoms with Crippen molar-refractivity contribution in [3.05, 3.63) is 29.2 Å². The Balaban J connectivity index is -0.00000000300. The zero-order chi connectivity index (χ0) is 3.41. The molecule has 0 aliphatic rings. The van der Waals surface area contributed by atoms with Gasteiger partial charge in [0.05, 0.1) is 0 Å². The van der Waals surface area contributed by atoms with Crippen LogP contribution in [0.5, 0.6) is 0 Å². The van der Waals surface area contributed by atoms with Crippen LogP contribution in [0.4, 0.5) is 0 Å². The average molecular weight is 369 g/mol. The quantitative estimate of drug-likeness (QED) is 0.624. The van der Waals surface area contributed by atoms with Gasteiger partial charge in [0.25, 0.3) is 0 Å². The van der Waals surface area contributed by atoms with Crippen molar-refractivity contribution >= 4 is 0 Å². The minimum absolute atomic E-state index is 0. The predicted octanol–water partition coefficient (Wildman–Crippen LogP) is 2.96. The molecule has 0 aromatic carbocycles. The number of unbranched alkanes of at least 4 members (excludes halogenated alkanes) is 1. The van der Waals surface area contributed by atoms with Gasteiger partial charge in [0.15, 0.2) is 0 Å². The van der Waals surface area contributed by atoms with Crippen molar-refractivity contribution in [2.24, 2.45) is 0 Å². The minimum Gasteiger partial charge on any atom is -0.358 e. The van der Waals surface area contributed by atoms with E-state index in [0.717, 1.165) is 6.42 Å². The van der Waals surface area contributed by atoms with Crippen molar-refractivity contribution in [3.63, 3.8) is 0 Å². The van der Waals surface area contributed by atoms with Crippen LogP contribution >= 0.6 is 0 Å². The summed E-state index contributed by atoms with van der Waals surface area (Å²) in [6, 6.07) is 0. The van der Waals surface area contributed by atoms with Crippen LogP contribution in [0.25, 0.3) is 0 Å². The molecule has 10 heavy (non-hydrogen) atoms. The molecule has 0 fully saturated rings. The molecule has 56 valence electrons. The van der Waals surface area contributed by atoms with Crippen LogP contribution in [-0.2, 0) is 98.1 Å². The van der Waals surface area contributed by atoms with Crippen molar-refractivity contribution in [3.8, 4) is 0 Å². The maximum Gasteiger partial charge on any atom is 3.00 e. The second-order valence-electron chi connectivity index (χ2n) is 0.854. The molecule has 0 saturated carbocycles. The third-order valence-corrected chi connectivity index (χ3v) is 0.354. The molecule has 0 nitrogen and oxygen atoms in total. The molecule has 0 unspecified atom stereocenters. The Kier molecular flexibility index (Phi) is 283. The van der Waals surface area contributed by atoms with Gasteiger partial charge in [-0.05, 0) is 0 Å². The maximum absolute atomic E-state index is 3.60. The van der Waals surface area contributed by atoms with Crippen molar-refractivity contribution < 1.29 is 98.1 Å². The fraction of sp³-hybridized carbons (Fsp3) is 0.429. The van der Waals surface area contributed by atoms with Crippen molar-refractivity contribution in [1.82, 2.24) is 0 Å². The van der Waals surface area contributed by atoms with Gasteiger partial charge in [-0.2, -0.15) is 6.42 Å². The van der Waals surface area contributed by atoms with Gasteiger partial charge in [0.2, 0.25) is 0 Å². The first-order valence-corrected chi connectivity index (χ1v) is 1.71. The number of hydrogen-bond donors (Lipinski definition) is 0. The summed E-state index contributed by atoms with van der Waals surface area (Å²) in [7, 11) is 0. The minimum atomic E-state index is 0. The van der Waals surface area contributed by atoms with Crippen LogP contribution in [0.3, 0.4) is 0 Å². The van der Waals surface area contributed by atoms with E-state index in [1.165, 1.54) is 6.42 Å². The van der Waals surface area contributed by atoms with Gasteiger partial charge in [-0.25, -0.2) is 0 Å². The Morgan fingerprint density at radius 2 is 1.10 bits per heavy atom. The Labute approximate surface area is 144 Å². The van der Waals surface area contributed by atoms with E-state index < -0.39 is 0 Å². The number of rotatable bonds is 1. The van der Waals surface area contributed by atoms with Crippen molar-refractivity contribution in [2.75, 3.05) is 0 Å². The maximum atomic E-state index is 3.60. The first kappa shape index (κ1) is 50.6. The summed E-state index contributed by atoms with van der Waals surface area (Å²) >= 11 is 0. The molecule has 0 aromatic heterocycles. The molecule has 0 aliphatic heterocycles. The number of hydrogen-bond acceptors (Lipinski definition) is 0. The van der Waals surface area contributed by atoms with Crippen LogP contribution < -0.4 is 0 Å². The SMILES string of the molecule is [CH2-]CCC.[CH3-].[CH3-].[CH3-].[Y+3].[Y].[Y]. The summed E-state index contributed by atoms with van der Waals surface area (Å²) in [5.74, 6) is 0. The molecule has 0 N–H and O–H groups in total. The molecule has 0 heterocycles. The Hall–Kier alpha value is 3.31. The zero-order valence-corrected chi connectivity index (χ0v) is 16.4. The van der Waals surface area contributed by atoms with E-state index >= 15 is 0 Å². The molecule has 0 amide bonds. The predicted molar refractivity (Wildman–Crippen MR) is 39.5 cm³/mol. The first-order valence-electron chi connectivity index (χ1n) is 1.71. The third-order valence-electron chi connectivity index (χ3n) is 0.354. The van der Waals surface area contributed by atoms with Gasteiger partial charge < -0.3 is 29.2 Å². The molecule has 3 heteroatoms. The van der Waals surface area contributed by atoms with Gasteiger partial charge >= 0.3 is 32.7 Å². The van der Waals surface area contributed by atoms with Crippen molar-refractivity contribution in [1.29, 1.82) is 0 Å². The monoisotopic (exact) mass is 369 g/mol. The van der Waals surface area contributed by atoms with Crippen LogP contribution in [0.2, 0.25) is 0 Å². The normalized spacial score (nSPS) is 3.00. The topological polar surface area (TPSA) is 0 Å². The molecule has 0 aliphatic carbocycles. The van der Waals surface area contributed by atoms with E-state index in [9.17, 15) is 0 Å². The molecule has 0 spiro atoms. The smallest absolute Gasteiger partial charge is 0.358 e. The van der Waals surface area contributed by atoms with E-state index in [1.807, 2.05) is 0 Å². The molecular formula is C7H18Y3-. The van der Waals surface area contributed by atoms with Gasteiger partial charge in [-0.1, -0.05) is 13.3 Å². The van der Waals surface area contributed by atoms with E-state index in [1.54, 1.807) is 0 Å². The van der Waals surface area contributed by atoms with E-state index in [2.05, 4.69) is 13.8 Å². The van der Waals surface area contributed by atoms with Gasteiger partial charge in [0.1, 0.15) is 0 Å². The Morgan fingerprint density at radius 3 is 1.10 bits per heavy atom. The van der Waals surface area contributed by atoms with Gasteiger partial charge in [-0.15, -0.1) is 0 Å². The standard InChI is InChI=1S/C4H9.3CH3.3Y/c1-3-4-2;;;;;;/h1,3-4H2,2H3;3*1H3;;;/q4*-1;;;+3. The van der Waals surface area contributed by atoms with Crippen molar-refractivity contribution in [2.45, 2.75) is 19.8 Å². The largest absolute Gasteiger partial charge is 3.00 e. The molecule has 0 aromatic rings. The molecular weight excluding hydrogens is 351 g/mol. The summed E-state index contributed by atoms with van der Waals surface area (Å²) in [6.45, 7) is 5.72. The molecule has 0 bridgehead atoms. The summed E-state index contributed by atoms with van der Waals surface area (Å²) in [6.07, 6.45) is 2.28. The van der Waals surface area contributed by atoms with Crippen LogP contribution in [0.1, 0.15) is 19.8 Å². The van der Waals surface area contributed by atoms with Crippen LogP contribution in [-0.4, -0.2) is 0 Å². The summed E-state index contributed by atoms with van der Waals surface area (Å²) in [5.41, 5.74) is 0. The average Bonchev–Trinajstić information content (AvgIpc) is 1.37.